The molecule has 0 saturated heterocycles. The first-order valence-corrected chi connectivity index (χ1v) is 6.29. The van der Waals surface area contributed by atoms with Crippen LogP contribution in [0.2, 0.25) is 0 Å². The van der Waals surface area contributed by atoms with Crippen LogP contribution in [0.25, 0.3) is 0 Å². The topological polar surface area (TPSA) is 67.2 Å². The SMILES string of the molecule is O=C(O)[C@H]1CNc2c(cnn2C2CCCC2)C1. The summed E-state index contributed by atoms with van der Waals surface area (Å²) in [5.74, 6) is 0.00916. The fraction of sp³-hybridized carbons (Fsp3) is 0.667. The molecule has 1 aromatic heterocycles. The molecule has 2 heterocycles. The van der Waals surface area contributed by atoms with Gasteiger partial charge >= 0.3 is 5.97 Å². The second-order valence-corrected chi connectivity index (χ2v) is 5.02. The molecule has 1 saturated carbocycles. The van der Waals surface area contributed by atoms with E-state index in [2.05, 4.69) is 15.1 Å². The number of nitrogens with one attached hydrogen (secondary N) is 1. The molecule has 0 aromatic carbocycles. The third-order valence-electron chi connectivity index (χ3n) is 3.87. The van der Waals surface area contributed by atoms with Crippen molar-refractivity contribution in [3.8, 4) is 0 Å². The highest BCUT2D eigenvalue weighted by Crippen LogP contribution is 2.34. The molecule has 5 heteroatoms. The Labute approximate surface area is 99.8 Å². The molecule has 1 aliphatic heterocycles. The molecule has 92 valence electrons. The zero-order valence-electron chi connectivity index (χ0n) is 9.72. The molecule has 3 rings (SSSR count). The number of nitrogens with zero attached hydrogens (tertiary/aromatic N) is 2. The Kier molecular flexibility index (Phi) is 2.53. The minimum Gasteiger partial charge on any atom is -0.481 e. The van der Waals surface area contributed by atoms with E-state index in [4.69, 9.17) is 5.11 Å². The lowest BCUT2D eigenvalue weighted by Crippen LogP contribution is -2.30. The number of anilines is 1. The lowest BCUT2D eigenvalue weighted by atomic mass is 9.98. The van der Waals surface area contributed by atoms with Gasteiger partial charge in [0.2, 0.25) is 0 Å². The molecule has 0 unspecified atom stereocenters. The summed E-state index contributed by atoms with van der Waals surface area (Å²) in [5, 5.41) is 16.7. The molecule has 2 aliphatic rings. The highest BCUT2D eigenvalue weighted by molar-refractivity contribution is 5.72. The maximum atomic E-state index is 11.0. The molecule has 0 spiro atoms. The number of carboxylic acid groups (broad SMARTS) is 1. The fourth-order valence-electron chi connectivity index (χ4n) is 2.90. The number of rotatable bonds is 2. The largest absolute Gasteiger partial charge is 0.481 e. The molecule has 5 nitrogen and oxygen atoms in total. The van der Waals surface area contributed by atoms with Gasteiger partial charge < -0.3 is 10.4 Å². The third kappa shape index (κ3) is 1.79. The summed E-state index contributed by atoms with van der Waals surface area (Å²) in [7, 11) is 0. The number of aliphatic carboxylic acids is 1. The van der Waals surface area contributed by atoms with E-state index in [1.807, 2.05) is 6.20 Å². The van der Waals surface area contributed by atoms with Crippen molar-refractivity contribution in [2.24, 2.45) is 5.92 Å². The van der Waals surface area contributed by atoms with E-state index >= 15 is 0 Å². The summed E-state index contributed by atoms with van der Waals surface area (Å²) in [6, 6.07) is 0.507. The van der Waals surface area contributed by atoms with Crippen molar-refractivity contribution in [1.29, 1.82) is 0 Å². The molecule has 1 atom stereocenters. The van der Waals surface area contributed by atoms with E-state index < -0.39 is 5.97 Å². The Balaban J connectivity index is 1.84. The Morgan fingerprint density at radius 1 is 1.47 bits per heavy atom. The van der Waals surface area contributed by atoms with Crippen molar-refractivity contribution in [1.82, 2.24) is 9.78 Å². The highest BCUT2D eigenvalue weighted by atomic mass is 16.4. The predicted molar refractivity (Wildman–Crippen MR) is 63.1 cm³/mol. The molecule has 1 aliphatic carbocycles. The molecule has 1 aromatic rings. The lowest BCUT2D eigenvalue weighted by molar-refractivity contribution is -0.141. The number of hydrogen-bond donors (Lipinski definition) is 2. The lowest BCUT2D eigenvalue weighted by Gasteiger charge is -2.23. The number of fused-ring (bicyclic) bond motifs is 1. The highest BCUT2D eigenvalue weighted by Gasteiger charge is 2.29. The van der Waals surface area contributed by atoms with Crippen LogP contribution in [0.15, 0.2) is 6.20 Å². The molecule has 17 heavy (non-hydrogen) atoms. The van der Waals surface area contributed by atoms with Crippen LogP contribution in [-0.2, 0) is 11.2 Å². The molecule has 2 N–H and O–H groups in total. The summed E-state index contributed by atoms with van der Waals surface area (Å²) in [5.41, 5.74) is 1.05. The van der Waals surface area contributed by atoms with Gasteiger partial charge in [-0.15, -0.1) is 0 Å². The van der Waals surface area contributed by atoms with Gasteiger partial charge in [-0.05, 0) is 19.3 Å². The molecular formula is C12H17N3O2. The van der Waals surface area contributed by atoms with E-state index in [-0.39, 0.29) is 5.92 Å². The molecule has 0 radical (unpaired) electrons. The van der Waals surface area contributed by atoms with Gasteiger partial charge in [-0.1, -0.05) is 12.8 Å². The first-order chi connectivity index (χ1) is 8.25. The summed E-state index contributed by atoms with van der Waals surface area (Å²) < 4.78 is 2.07. The standard InChI is InChI=1S/C12H17N3O2/c16-12(17)9-5-8-7-14-15(11(8)13-6-9)10-3-1-2-4-10/h7,9-10,13H,1-6H2,(H,16,17)/t9-/m1/s1. The maximum Gasteiger partial charge on any atom is 0.308 e. The average Bonchev–Trinajstić information content (AvgIpc) is 2.96. The quantitative estimate of drug-likeness (QED) is 0.818. The van der Waals surface area contributed by atoms with E-state index in [0.29, 0.717) is 19.0 Å². The Morgan fingerprint density at radius 3 is 2.94 bits per heavy atom. The average molecular weight is 235 g/mol. The van der Waals surface area contributed by atoms with Crippen LogP contribution in [0.4, 0.5) is 5.82 Å². The van der Waals surface area contributed by atoms with Gasteiger partial charge in [-0.2, -0.15) is 5.10 Å². The van der Waals surface area contributed by atoms with Gasteiger partial charge in [0, 0.05) is 12.1 Å². The van der Waals surface area contributed by atoms with Gasteiger partial charge in [0.1, 0.15) is 5.82 Å². The molecule has 0 amide bonds. The molecular weight excluding hydrogens is 218 g/mol. The summed E-state index contributed by atoms with van der Waals surface area (Å²) in [4.78, 5) is 11.0. The Hall–Kier alpha value is -1.52. The first-order valence-electron chi connectivity index (χ1n) is 6.29. The Morgan fingerprint density at radius 2 is 2.24 bits per heavy atom. The van der Waals surface area contributed by atoms with Gasteiger partial charge in [0.05, 0.1) is 18.2 Å². The van der Waals surface area contributed by atoms with Crippen molar-refractivity contribution in [3.63, 3.8) is 0 Å². The van der Waals surface area contributed by atoms with Crippen LogP contribution < -0.4 is 5.32 Å². The monoisotopic (exact) mass is 235 g/mol. The van der Waals surface area contributed by atoms with Gasteiger partial charge in [0.25, 0.3) is 0 Å². The van der Waals surface area contributed by atoms with Crippen LogP contribution in [0.3, 0.4) is 0 Å². The van der Waals surface area contributed by atoms with Crippen LogP contribution in [0, 0.1) is 5.92 Å². The zero-order valence-corrected chi connectivity index (χ0v) is 9.72. The van der Waals surface area contributed by atoms with E-state index in [1.165, 1.54) is 25.7 Å². The zero-order chi connectivity index (χ0) is 11.8. The van der Waals surface area contributed by atoms with Crippen molar-refractivity contribution in [2.75, 3.05) is 11.9 Å². The normalized spacial score (nSPS) is 24.4. The van der Waals surface area contributed by atoms with Gasteiger partial charge in [0.15, 0.2) is 0 Å². The third-order valence-corrected chi connectivity index (χ3v) is 3.87. The molecule has 0 bridgehead atoms. The summed E-state index contributed by atoms with van der Waals surface area (Å²) in [6.45, 7) is 0.515. The van der Waals surface area contributed by atoms with Crippen LogP contribution in [-0.4, -0.2) is 27.4 Å². The van der Waals surface area contributed by atoms with E-state index in [9.17, 15) is 4.79 Å². The van der Waals surface area contributed by atoms with E-state index in [0.717, 1.165) is 11.4 Å². The van der Waals surface area contributed by atoms with E-state index in [1.54, 1.807) is 0 Å². The number of carboxylic acids is 1. The van der Waals surface area contributed by atoms with Crippen LogP contribution >= 0.6 is 0 Å². The number of carbonyl (C=O) groups is 1. The first kappa shape index (κ1) is 10.6. The van der Waals surface area contributed by atoms with Gasteiger partial charge in [-0.25, -0.2) is 4.68 Å². The number of aromatic nitrogens is 2. The summed E-state index contributed by atoms with van der Waals surface area (Å²) >= 11 is 0. The van der Waals surface area contributed by atoms with Crippen LogP contribution in [0.5, 0.6) is 0 Å². The maximum absolute atomic E-state index is 11.0. The van der Waals surface area contributed by atoms with Crippen LogP contribution in [0.1, 0.15) is 37.3 Å². The minimum atomic E-state index is -0.725. The Bertz CT molecular complexity index is 435. The second-order valence-electron chi connectivity index (χ2n) is 5.02. The second kappa shape index (κ2) is 4.05. The van der Waals surface area contributed by atoms with Gasteiger partial charge in [-0.3, -0.25) is 4.79 Å². The minimum absolute atomic E-state index is 0.316. The predicted octanol–water partition coefficient (Wildman–Crippen LogP) is 1.67. The van der Waals surface area contributed by atoms with Crippen molar-refractivity contribution in [2.45, 2.75) is 38.1 Å². The smallest absolute Gasteiger partial charge is 0.308 e. The van der Waals surface area contributed by atoms with Crippen molar-refractivity contribution >= 4 is 11.8 Å². The summed E-state index contributed by atoms with van der Waals surface area (Å²) in [6.07, 6.45) is 7.37. The number of hydrogen-bond acceptors (Lipinski definition) is 3. The molecule has 1 fully saturated rings. The fourth-order valence-corrected chi connectivity index (χ4v) is 2.90. The van der Waals surface area contributed by atoms with Crippen molar-refractivity contribution in [3.05, 3.63) is 11.8 Å². The van der Waals surface area contributed by atoms with Crippen molar-refractivity contribution < 1.29 is 9.90 Å².